The van der Waals surface area contributed by atoms with Crippen molar-refractivity contribution < 1.29 is 38.7 Å². The molecule has 2 unspecified atom stereocenters. The second-order valence-corrected chi connectivity index (χ2v) is 13.3. The molecule has 2 rings (SSSR count). The van der Waals surface area contributed by atoms with E-state index in [0.717, 1.165) is 22.3 Å². The van der Waals surface area contributed by atoms with Crippen molar-refractivity contribution in [1.82, 2.24) is 0 Å². The molecule has 0 fully saturated rings. The Morgan fingerprint density at radius 3 is 1.26 bits per heavy atom. The number of phenols is 2. The van der Waals surface area contributed by atoms with Crippen LogP contribution in [0.25, 0.3) is 0 Å². The van der Waals surface area contributed by atoms with E-state index in [9.17, 15) is 19.8 Å². The number of aromatic hydroxyl groups is 2. The molecule has 0 aromatic heterocycles. The quantitative estimate of drug-likeness (QED) is 0.178. The third-order valence-electron chi connectivity index (χ3n) is 6.76. The SMILES string of the molecule is Cc1cc(C(CC(C)(C)C)C(=O)OCCOCCOCCOC(=O)C(CC(C)(C)C)c2ccc(O)c(C)c2)ccc1O. The van der Waals surface area contributed by atoms with Crippen molar-refractivity contribution in [2.24, 2.45) is 10.8 Å². The summed E-state index contributed by atoms with van der Waals surface area (Å²) in [4.78, 5) is 25.8. The maximum atomic E-state index is 12.9. The Bertz CT molecular complexity index is 1070. The highest BCUT2D eigenvalue weighted by atomic mass is 16.6. The van der Waals surface area contributed by atoms with Crippen molar-refractivity contribution in [2.45, 2.75) is 80.1 Å². The van der Waals surface area contributed by atoms with Crippen LogP contribution in [0.15, 0.2) is 36.4 Å². The first-order chi connectivity index (χ1) is 19.6. The standard InChI is InChI=1S/C34H50O8/c1-23-19-25(9-11-29(23)35)27(21-33(3,4)5)31(37)41-17-15-39-13-14-40-16-18-42-32(38)28(22-34(6,7)8)26-10-12-30(36)24(2)20-26/h9-12,19-20,27-28,35-36H,13-18,21-22H2,1-8H3. The molecule has 0 saturated carbocycles. The Hall–Kier alpha value is -3.10. The molecule has 8 heteroatoms. The number of phenolic OH excluding ortho intramolecular Hbond substituents is 2. The fraction of sp³-hybridized carbons (Fsp3) is 0.588. The summed E-state index contributed by atoms with van der Waals surface area (Å²) in [6.07, 6.45) is 1.22. The molecule has 42 heavy (non-hydrogen) atoms. The lowest BCUT2D eigenvalue weighted by Crippen LogP contribution is -2.24. The Morgan fingerprint density at radius 1 is 0.619 bits per heavy atom. The number of carbonyl (C=O) groups is 2. The predicted octanol–water partition coefficient (Wildman–Crippen LogP) is 6.57. The van der Waals surface area contributed by atoms with Crippen LogP contribution in [0.5, 0.6) is 11.5 Å². The molecule has 0 heterocycles. The van der Waals surface area contributed by atoms with E-state index in [0.29, 0.717) is 26.1 Å². The van der Waals surface area contributed by atoms with Crippen LogP contribution in [-0.2, 0) is 28.5 Å². The number of esters is 2. The molecule has 2 atom stereocenters. The Balaban J connectivity index is 1.70. The molecule has 2 N–H and O–H groups in total. The van der Waals surface area contributed by atoms with Gasteiger partial charge in [0.05, 0.1) is 38.3 Å². The van der Waals surface area contributed by atoms with Gasteiger partial charge < -0.3 is 29.2 Å². The van der Waals surface area contributed by atoms with Crippen LogP contribution in [0.4, 0.5) is 0 Å². The lowest BCUT2D eigenvalue weighted by molar-refractivity contribution is -0.149. The van der Waals surface area contributed by atoms with Crippen LogP contribution in [0.1, 0.15) is 88.5 Å². The summed E-state index contributed by atoms with van der Waals surface area (Å²) in [5.41, 5.74) is 2.90. The van der Waals surface area contributed by atoms with Gasteiger partial charge in [0, 0.05) is 0 Å². The molecule has 0 aliphatic heterocycles. The van der Waals surface area contributed by atoms with Crippen LogP contribution in [0.2, 0.25) is 0 Å². The Morgan fingerprint density at radius 2 is 0.952 bits per heavy atom. The van der Waals surface area contributed by atoms with Gasteiger partial charge in [0.25, 0.3) is 0 Å². The third-order valence-corrected chi connectivity index (χ3v) is 6.76. The number of carbonyl (C=O) groups excluding carboxylic acids is 2. The molecule has 0 bridgehead atoms. The van der Waals surface area contributed by atoms with E-state index in [2.05, 4.69) is 41.5 Å². The van der Waals surface area contributed by atoms with Gasteiger partial charge in [0.2, 0.25) is 0 Å². The highest BCUT2D eigenvalue weighted by molar-refractivity contribution is 5.79. The summed E-state index contributed by atoms with van der Waals surface area (Å²) >= 11 is 0. The molecule has 2 aromatic rings. The van der Waals surface area contributed by atoms with Gasteiger partial charge >= 0.3 is 11.9 Å². The number of benzene rings is 2. The number of rotatable bonds is 15. The first-order valence-corrected chi connectivity index (χ1v) is 14.7. The first-order valence-electron chi connectivity index (χ1n) is 14.7. The molecule has 0 saturated heterocycles. The summed E-state index contributed by atoms with van der Waals surface area (Å²) < 4.78 is 22.1. The van der Waals surface area contributed by atoms with Crippen LogP contribution in [-0.4, -0.2) is 61.8 Å². The molecule has 0 amide bonds. The minimum absolute atomic E-state index is 0.0876. The molecular formula is C34H50O8. The van der Waals surface area contributed by atoms with E-state index < -0.39 is 11.8 Å². The molecule has 0 aliphatic carbocycles. The highest BCUT2D eigenvalue weighted by Crippen LogP contribution is 2.35. The molecule has 2 aromatic carbocycles. The second-order valence-electron chi connectivity index (χ2n) is 13.3. The summed E-state index contributed by atoms with van der Waals surface area (Å²) in [5.74, 6) is -1.10. The molecule has 8 nitrogen and oxygen atoms in total. The zero-order valence-electron chi connectivity index (χ0n) is 26.6. The molecular weight excluding hydrogens is 536 g/mol. The minimum Gasteiger partial charge on any atom is -0.508 e. The monoisotopic (exact) mass is 586 g/mol. The molecule has 0 aliphatic rings. The van der Waals surface area contributed by atoms with Gasteiger partial charge in [-0.3, -0.25) is 9.59 Å². The lowest BCUT2D eigenvalue weighted by Gasteiger charge is -2.25. The van der Waals surface area contributed by atoms with Crippen LogP contribution < -0.4 is 0 Å². The summed E-state index contributed by atoms with van der Waals surface area (Å²) in [6.45, 7) is 17.4. The van der Waals surface area contributed by atoms with E-state index in [1.54, 1.807) is 38.1 Å². The van der Waals surface area contributed by atoms with Gasteiger partial charge in [0.15, 0.2) is 0 Å². The Labute approximate surface area is 251 Å². The second kappa shape index (κ2) is 15.9. The van der Waals surface area contributed by atoms with E-state index in [-0.39, 0.29) is 60.7 Å². The topological polar surface area (TPSA) is 112 Å². The summed E-state index contributed by atoms with van der Waals surface area (Å²) in [6, 6.07) is 10.4. The highest BCUT2D eigenvalue weighted by Gasteiger charge is 2.29. The van der Waals surface area contributed by atoms with Gasteiger partial charge in [-0.1, -0.05) is 65.8 Å². The predicted molar refractivity (Wildman–Crippen MR) is 163 cm³/mol. The van der Waals surface area contributed by atoms with Crippen molar-refractivity contribution in [3.05, 3.63) is 58.7 Å². The zero-order valence-corrected chi connectivity index (χ0v) is 26.6. The number of hydrogen-bond acceptors (Lipinski definition) is 8. The fourth-order valence-corrected chi connectivity index (χ4v) is 4.62. The van der Waals surface area contributed by atoms with Crippen LogP contribution >= 0.6 is 0 Å². The number of aryl methyl sites for hydroxylation is 2. The van der Waals surface area contributed by atoms with Crippen molar-refractivity contribution in [1.29, 1.82) is 0 Å². The van der Waals surface area contributed by atoms with E-state index in [1.165, 1.54) is 0 Å². The van der Waals surface area contributed by atoms with E-state index >= 15 is 0 Å². The number of ether oxygens (including phenoxy) is 4. The van der Waals surface area contributed by atoms with E-state index in [1.807, 2.05) is 12.1 Å². The van der Waals surface area contributed by atoms with Gasteiger partial charge in [-0.25, -0.2) is 0 Å². The molecule has 234 valence electrons. The lowest BCUT2D eigenvalue weighted by atomic mass is 9.81. The van der Waals surface area contributed by atoms with Crippen molar-refractivity contribution in [3.8, 4) is 11.5 Å². The maximum absolute atomic E-state index is 12.9. The Kier molecular flexibility index (Phi) is 13.3. The van der Waals surface area contributed by atoms with Crippen molar-refractivity contribution >= 4 is 11.9 Å². The average Bonchev–Trinajstić information content (AvgIpc) is 2.89. The van der Waals surface area contributed by atoms with Crippen molar-refractivity contribution in [3.63, 3.8) is 0 Å². The largest absolute Gasteiger partial charge is 0.508 e. The summed E-state index contributed by atoms with van der Waals surface area (Å²) in [7, 11) is 0. The minimum atomic E-state index is -0.434. The first kappa shape index (κ1) is 35.1. The molecule has 0 spiro atoms. The van der Waals surface area contributed by atoms with Gasteiger partial charge in [-0.05, 0) is 71.9 Å². The normalized spacial score (nSPS) is 13.4. The van der Waals surface area contributed by atoms with Crippen molar-refractivity contribution in [2.75, 3.05) is 39.6 Å². The van der Waals surface area contributed by atoms with Crippen LogP contribution in [0.3, 0.4) is 0 Å². The third kappa shape index (κ3) is 12.4. The number of hydrogen-bond donors (Lipinski definition) is 2. The van der Waals surface area contributed by atoms with Gasteiger partial charge in [0.1, 0.15) is 24.7 Å². The van der Waals surface area contributed by atoms with Gasteiger partial charge in [-0.2, -0.15) is 0 Å². The fourth-order valence-electron chi connectivity index (χ4n) is 4.62. The summed E-state index contributed by atoms with van der Waals surface area (Å²) in [5, 5.41) is 19.7. The maximum Gasteiger partial charge on any atom is 0.313 e. The molecule has 0 radical (unpaired) electrons. The average molecular weight is 587 g/mol. The van der Waals surface area contributed by atoms with Gasteiger partial charge in [-0.15, -0.1) is 0 Å². The van der Waals surface area contributed by atoms with E-state index in [4.69, 9.17) is 18.9 Å². The smallest absolute Gasteiger partial charge is 0.313 e. The van der Waals surface area contributed by atoms with Crippen LogP contribution in [0, 0.1) is 24.7 Å². The zero-order chi connectivity index (χ0) is 31.5.